The number of aromatic amines is 1. The fraction of sp³-hybridized carbons (Fsp3) is 0.556. The predicted molar refractivity (Wildman–Crippen MR) is 55.1 cm³/mol. The van der Waals surface area contributed by atoms with Crippen molar-refractivity contribution >= 4 is 0 Å². The minimum atomic E-state index is -0.925. The molecule has 0 aromatic carbocycles. The number of ether oxygens (including phenoxy) is 1. The molecule has 0 saturated carbocycles. The van der Waals surface area contributed by atoms with Gasteiger partial charge in [0.25, 0.3) is 5.56 Å². The van der Waals surface area contributed by atoms with Crippen LogP contribution in [0.1, 0.15) is 13.2 Å². The van der Waals surface area contributed by atoms with Crippen LogP contribution in [0.4, 0.5) is 0 Å². The zero-order chi connectivity index (χ0) is 12.1. The van der Waals surface area contributed by atoms with Crippen LogP contribution in [0.2, 0.25) is 0 Å². The Kier molecular flexibility index (Phi) is 4.41. The van der Waals surface area contributed by atoms with Gasteiger partial charge in [-0.25, -0.2) is 4.79 Å². The van der Waals surface area contributed by atoms with E-state index in [2.05, 4.69) is 0 Å². The van der Waals surface area contributed by atoms with Crippen LogP contribution in [0.25, 0.3) is 0 Å². The van der Waals surface area contributed by atoms with Crippen LogP contribution in [0.5, 0.6) is 0 Å². The molecule has 0 radical (unpaired) electrons. The third kappa shape index (κ3) is 3.02. The van der Waals surface area contributed by atoms with Crippen LogP contribution in [-0.2, 0) is 4.74 Å². The van der Waals surface area contributed by atoms with Gasteiger partial charge in [0.1, 0.15) is 0 Å². The Morgan fingerprint density at radius 1 is 1.44 bits per heavy atom. The summed E-state index contributed by atoms with van der Waals surface area (Å²) in [6.07, 6.45) is -0.214. The smallest absolute Gasteiger partial charge is 0.330 e. The second kappa shape index (κ2) is 5.59. The molecular weight excluding hydrogens is 216 g/mol. The van der Waals surface area contributed by atoms with E-state index in [9.17, 15) is 9.59 Å². The zero-order valence-corrected chi connectivity index (χ0v) is 8.79. The summed E-state index contributed by atoms with van der Waals surface area (Å²) in [6, 6.07) is 1.15. The number of hydrogen-bond acceptors (Lipinski definition) is 5. The first-order chi connectivity index (χ1) is 7.58. The highest BCUT2D eigenvalue weighted by Gasteiger charge is 2.15. The molecule has 16 heavy (non-hydrogen) atoms. The number of aliphatic hydroxyl groups excluding tert-OH is 2. The van der Waals surface area contributed by atoms with Gasteiger partial charge in [-0.2, -0.15) is 0 Å². The average molecular weight is 230 g/mol. The van der Waals surface area contributed by atoms with Gasteiger partial charge in [-0.05, 0) is 6.92 Å². The number of aliphatic hydroxyl groups is 2. The van der Waals surface area contributed by atoms with Gasteiger partial charge < -0.3 is 14.9 Å². The summed E-state index contributed by atoms with van der Waals surface area (Å²) in [5.74, 6) is 0. The largest absolute Gasteiger partial charge is 0.394 e. The highest BCUT2D eigenvalue weighted by atomic mass is 16.5. The van der Waals surface area contributed by atoms with Crippen LogP contribution in [0.15, 0.2) is 21.9 Å². The molecule has 1 aromatic heterocycles. The van der Waals surface area contributed by atoms with Gasteiger partial charge in [0.15, 0.2) is 6.23 Å². The Morgan fingerprint density at radius 2 is 2.12 bits per heavy atom. The molecule has 0 amide bonds. The van der Waals surface area contributed by atoms with Crippen LogP contribution in [0, 0.1) is 0 Å². The third-order valence-electron chi connectivity index (χ3n) is 1.96. The van der Waals surface area contributed by atoms with E-state index in [4.69, 9.17) is 14.9 Å². The van der Waals surface area contributed by atoms with E-state index in [0.717, 1.165) is 10.6 Å². The van der Waals surface area contributed by atoms with Gasteiger partial charge in [0.2, 0.25) is 0 Å². The summed E-state index contributed by atoms with van der Waals surface area (Å²) in [5.41, 5.74) is -1.19. The number of aromatic nitrogens is 2. The molecule has 0 spiro atoms. The molecule has 0 saturated heterocycles. The van der Waals surface area contributed by atoms with E-state index in [0.29, 0.717) is 0 Å². The maximum atomic E-state index is 11.4. The second-order valence-electron chi connectivity index (χ2n) is 3.28. The number of nitrogens with one attached hydrogen (secondary N) is 1. The molecule has 3 N–H and O–H groups in total. The highest BCUT2D eigenvalue weighted by molar-refractivity contribution is 4.84. The Morgan fingerprint density at radius 3 is 2.62 bits per heavy atom. The standard InChI is InChI=1S/C9H14N2O5/c1-6(4-12)16-8(5-13)11-3-2-7(14)10-9(11)15/h2-3,6,8,12-13H,4-5H2,1H3,(H,10,14,15)/t6-,8-/m1/s1. The fourth-order valence-corrected chi connectivity index (χ4v) is 1.16. The van der Waals surface area contributed by atoms with Gasteiger partial charge in [-0.3, -0.25) is 14.3 Å². The van der Waals surface area contributed by atoms with Crippen molar-refractivity contribution in [2.75, 3.05) is 13.2 Å². The lowest BCUT2D eigenvalue weighted by molar-refractivity contribution is -0.0908. The van der Waals surface area contributed by atoms with Crippen molar-refractivity contribution in [2.45, 2.75) is 19.3 Å². The molecule has 0 bridgehead atoms. The van der Waals surface area contributed by atoms with Crippen LogP contribution < -0.4 is 11.2 Å². The zero-order valence-electron chi connectivity index (χ0n) is 8.79. The lowest BCUT2D eigenvalue weighted by atomic mass is 10.4. The average Bonchev–Trinajstić information content (AvgIpc) is 2.26. The van der Waals surface area contributed by atoms with Crippen molar-refractivity contribution in [1.29, 1.82) is 0 Å². The number of H-pyrrole nitrogens is 1. The van der Waals surface area contributed by atoms with Crippen LogP contribution in [0.3, 0.4) is 0 Å². The van der Waals surface area contributed by atoms with Crippen LogP contribution >= 0.6 is 0 Å². The molecule has 7 heteroatoms. The molecule has 0 unspecified atom stereocenters. The second-order valence-corrected chi connectivity index (χ2v) is 3.28. The van der Waals surface area contributed by atoms with Crippen molar-refractivity contribution in [3.05, 3.63) is 33.1 Å². The summed E-state index contributed by atoms with van der Waals surface area (Å²) < 4.78 is 6.25. The molecule has 0 aliphatic rings. The summed E-state index contributed by atoms with van der Waals surface area (Å²) in [4.78, 5) is 24.2. The van der Waals surface area contributed by atoms with Gasteiger partial charge >= 0.3 is 5.69 Å². The first-order valence-electron chi connectivity index (χ1n) is 4.77. The monoisotopic (exact) mass is 230 g/mol. The normalized spacial score (nSPS) is 14.7. The molecule has 90 valence electrons. The maximum absolute atomic E-state index is 11.4. The minimum Gasteiger partial charge on any atom is -0.394 e. The molecule has 2 atom stereocenters. The van der Waals surface area contributed by atoms with E-state index in [1.807, 2.05) is 4.98 Å². The molecule has 0 aliphatic heterocycles. The quantitative estimate of drug-likeness (QED) is 0.566. The Balaban J connectivity index is 2.95. The highest BCUT2D eigenvalue weighted by Crippen LogP contribution is 2.06. The Hall–Kier alpha value is -1.44. The molecule has 1 rings (SSSR count). The summed E-state index contributed by atoms with van der Waals surface area (Å²) in [5, 5.41) is 17.8. The maximum Gasteiger partial charge on any atom is 0.330 e. The fourth-order valence-electron chi connectivity index (χ4n) is 1.16. The van der Waals surface area contributed by atoms with Gasteiger partial charge in [-0.15, -0.1) is 0 Å². The summed E-state index contributed by atoms with van der Waals surface area (Å²) in [7, 11) is 0. The SMILES string of the molecule is C[C@H](CO)O[C@H](CO)n1ccc(=O)[nH]c1=O. The van der Waals surface area contributed by atoms with E-state index < -0.39 is 30.2 Å². The van der Waals surface area contributed by atoms with Gasteiger partial charge in [0, 0.05) is 12.3 Å². The molecule has 0 fully saturated rings. The number of nitrogens with zero attached hydrogens (tertiary/aromatic N) is 1. The predicted octanol–water partition coefficient (Wildman–Crippen LogP) is -1.58. The molecule has 1 aromatic rings. The van der Waals surface area contributed by atoms with E-state index >= 15 is 0 Å². The van der Waals surface area contributed by atoms with Crippen LogP contribution in [-0.4, -0.2) is 39.1 Å². The summed E-state index contributed by atoms with van der Waals surface area (Å²) in [6.45, 7) is 0.935. The molecule has 1 heterocycles. The van der Waals surface area contributed by atoms with Gasteiger partial charge in [-0.1, -0.05) is 0 Å². The van der Waals surface area contributed by atoms with Gasteiger partial charge in [0.05, 0.1) is 19.3 Å². The molecule has 7 nitrogen and oxygen atoms in total. The van der Waals surface area contributed by atoms with E-state index in [1.54, 1.807) is 6.92 Å². The first kappa shape index (κ1) is 12.6. The van der Waals surface area contributed by atoms with E-state index in [1.165, 1.54) is 6.20 Å². The molecule has 0 aliphatic carbocycles. The molecular formula is C9H14N2O5. The lowest BCUT2D eigenvalue weighted by Gasteiger charge is -2.20. The Bertz CT molecular complexity index is 438. The van der Waals surface area contributed by atoms with Crippen molar-refractivity contribution in [3.63, 3.8) is 0 Å². The minimum absolute atomic E-state index is 0.228. The lowest BCUT2D eigenvalue weighted by Crippen LogP contribution is -2.35. The number of rotatable bonds is 5. The Labute approximate surface area is 90.9 Å². The van der Waals surface area contributed by atoms with Crippen molar-refractivity contribution in [1.82, 2.24) is 9.55 Å². The summed E-state index contributed by atoms with van der Waals surface area (Å²) >= 11 is 0. The number of hydrogen-bond donors (Lipinski definition) is 3. The van der Waals surface area contributed by atoms with Crippen molar-refractivity contribution in [3.8, 4) is 0 Å². The third-order valence-corrected chi connectivity index (χ3v) is 1.96. The van der Waals surface area contributed by atoms with Crippen molar-refractivity contribution in [2.24, 2.45) is 0 Å². The topological polar surface area (TPSA) is 105 Å². The van der Waals surface area contributed by atoms with Crippen molar-refractivity contribution < 1.29 is 14.9 Å². The van der Waals surface area contributed by atoms with E-state index in [-0.39, 0.29) is 6.61 Å². The first-order valence-corrected chi connectivity index (χ1v) is 4.77.